The van der Waals surface area contributed by atoms with Crippen LogP contribution in [0, 0.1) is 5.82 Å². The van der Waals surface area contributed by atoms with Crippen LogP contribution in [0.4, 0.5) is 10.1 Å². The van der Waals surface area contributed by atoms with Gasteiger partial charge in [0.15, 0.2) is 11.5 Å². The van der Waals surface area contributed by atoms with Crippen LogP contribution < -0.4 is 10.2 Å². The molecule has 1 saturated heterocycles. The predicted molar refractivity (Wildman–Crippen MR) is 127 cm³/mol. The molecule has 0 unspecified atom stereocenters. The van der Waals surface area contributed by atoms with E-state index in [1.54, 1.807) is 22.8 Å². The van der Waals surface area contributed by atoms with Crippen molar-refractivity contribution in [2.24, 2.45) is 0 Å². The van der Waals surface area contributed by atoms with Gasteiger partial charge in [-0.25, -0.2) is 19.0 Å². The molecule has 5 aromatic rings. The van der Waals surface area contributed by atoms with E-state index in [2.05, 4.69) is 72.1 Å². The Balaban J connectivity index is 1.31. The maximum absolute atomic E-state index is 14.3. The maximum Gasteiger partial charge on any atom is 0.182 e. The van der Waals surface area contributed by atoms with Gasteiger partial charge >= 0.3 is 0 Å². The second-order valence-corrected chi connectivity index (χ2v) is 8.41. The smallest absolute Gasteiger partial charge is 0.182 e. The Kier molecular flexibility index (Phi) is 4.99. The van der Waals surface area contributed by atoms with Crippen molar-refractivity contribution in [3.63, 3.8) is 0 Å². The van der Waals surface area contributed by atoms with E-state index in [0.717, 1.165) is 41.9 Å². The quantitative estimate of drug-likeness (QED) is 0.429. The van der Waals surface area contributed by atoms with Crippen LogP contribution in [-0.4, -0.2) is 60.9 Å². The van der Waals surface area contributed by atoms with Crippen LogP contribution in [0.5, 0.6) is 0 Å². The van der Waals surface area contributed by atoms with Gasteiger partial charge in [-0.2, -0.15) is 5.10 Å². The van der Waals surface area contributed by atoms with Gasteiger partial charge in [0.1, 0.15) is 5.82 Å². The third-order valence-corrected chi connectivity index (χ3v) is 6.27. The molecule has 1 atom stereocenters. The number of hydrogen-bond donors (Lipinski definition) is 2. The molecule has 1 fully saturated rings. The van der Waals surface area contributed by atoms with Crippen molar-refractivity contribution < 1.29 is 4.39 Å². The first kappa shape index (κ1) is 20.4. The average Bonchev–Trinajstić information content (AvgIpc) is 3.55. The number of anilines is 1. The van der Waals surface area contributed by atoms with E-state index in [9.17, 15) is 4.39 Å². The van der Waals surface area contributed by atoms with Crippen LogP contribution in [0.2, 0.25) is 0 Å². The first-order chi connectivity index (χ1) is 16.7. The molecule has 9 nitrogen and oxygen atoms in total. The number of benzene rings is 2. The number of H-pyrrole nitrogens is 1. The standard InChI is InChI=1S/C24H22FN9/c1-15-11-26-8-9-33(15)19-5-2-16(3-6-19)18-12-27-24-21(13-28-34(24)14-18)17-4-7-22(25)20(10-17)23-29-31-32-30-23/h2-7,10,12-15,26H,8-9,11H2,1H3,(H,29,30,31,32)/t15-/m0/s1. The van der Waals surface area contributed by atoms with Gasteiger partial charge in [0.2, 0.25) is 0 Å². The van der Waals surface area contributed by atoms with Gasteiger partial charge < -0.3 is 10.2 Å². The highest BCUT2D eigenvalue weighted by Gasteiger charge is 2.18. The van der Waals surface area contributed by atoms with E-state index in [4.69, 9.17) is 0 Å². The summed E-state index contributed by atoms with van der Waals surface area (Å²) in [7, 11) is 0. The summed E-state index contributed by atoms with van der Waals surface area (Å²) in [6, 6.07) is 13.8. The van der Waals surface area contributed by atoms with Crippen LogP contribution in [0.1, 0.15) is 6.92 Å². The van der Waals surface area contributed by atoms with Crippen molar-refractivity contribution in [3.05, 3.63) is 66.9 Å². The summed E-state index contributed by atoms with van der Waals surface area (Å²) in [6.45, 7) is 5.23. The van der Waals surface area contributed by atoms with Gasteiger partial charge in [-0.3, -0.25) is 0 Å². The lowest BCUT2D eigenvalue weighted by atomic mass is 10.0. The molecule has 2 aromatic carbocycles. The third-order valence-electron chi connectivity index (χ3n) is 6.27. The van der Waals surface area contributed by atoms with Gasteiger partial charge in [-0.15, -0.1) is 5.10 Å². The Bertz CT molecular complexity index is 1440. The van der Waals surface area contributed by atoms with Crippen LogP contribution in [-0.2, 0) is 0 Å². The molecule has 1 aliphatic rings. The predicted octanol–water partition coefficient (Wildman–Crippen LogP) is 3.18. The van der Waals surface area contributed by atoms with Crippen molar-refractivity contribution in [1.29, 1.82) is 0 Å². The number of piperazine rings is 1. The van der Waals surface area contributed by atoms with Crippen molar-refractivity contribution >= 4 is 11.3 Å². The molecular formula is C24H22FN9. The number of aromatic amines is 1. The van der Waals surface area contributed by atoms with Gasteiger partial charge in [-0.1, -0.05) is 18.2 Å². The molecule has 0 radical (unpaired) electrons. The van der Waals surface area contributed by atoms with E-state index in [0.29, 0.717) is 11.7 Å². The second kappa shape index (κ2) is 8.31. The van der Waals surface area contributed by atoms with Crippen molar-refractivity contribution in [3.8, 4) is 33.6 Å². The summed E-state index contributed by atoms with van der Waals surface area (Å²) < 4.78 is 16.1. The normalized spacial score (nSPS) is 16.3. The number of aromatic nitrogens is 7. The van der Waals surface area contributed by atoms with E-state index in [-0.39, 0.29) is 11.4 Å². The molecule has 0 aliphatic carbocycles. The van der Waals surface area contributed by atoms with Crippen LogP contribution >= 0.6 is 0 Å². The fraction of sp³-hybridized carbons (Fsp3) is 0.208. The average molecular weight is 456 g/mol. The summed E-state index contributed by atoms with van der Waals surface area (Å²) >= 11 is 0. The Hall–Kier alpha value is -4.18. The highest BCUT2D eigenvalue weighted by Crippen LogP contribution is 2.30. The van der Waals surface area contributed by atoms with Crippen molar-refractivity contribution in [2.75, 3.05) is 24.5 Å². The SMILES string of the molecule is C[C@H]1CNCCN1c1ccc(-c2cnc3c(-c4ccc(F)c(-c5nnn[nH]5)c4)cnn3c2)cc1. The number of tetrazole rings is 1. The number of halogens is 1. The second-order valence-electron chi connectivity index (χ2n) is 8.41. The fourth-order valence-corrected chi connectivity index (χ4v) is 4.44. The lowest BCUT2D eigenvalue weighted by Gasteiger charge is -2.36. The highest BCUT2D eigenvalue weighted by atomic mass is 19.1. The largest absolute Gasteiger partial charge is 0.366 e. The van der Waals surface area contributed by atoms with E-state index < -0.39 is 5.82 Å². The van der Waals surface area contributed by atoms with Crippen LogP contribution in [0.25, 0.3) is 39.3 Å². The molecule has 0 amide bonds. The first-order valence-electron chi connectivity index (χ1n) is 11.1. The van der Waals surface area contributed by atoms with Gasteiger partial charge in [0.25, 0.3) is 0 Å². The Morgan fingerprint density at radius 3 is 2.65 bits per heavy atom. The third kappa shape index (κ3) is 3.57. The minimum atomic E-state index is -0.410. The molecule has 170 valence electrons. The number of rotatable bonds is 4. The Morgan fingerprint density at radius 1 is 1.00 bits per heavy atom. The van der Waals surface area contributed by atoms with Crippen molar-refractivity contribution in [2.45, 2.75) is 13.0 Å². The molecule has 0 spiro atoms. The molecule has 10 heteroatoms. The van der Waals surface area contributed by atoms with Gasteiger partial charge in [-0.05, 0) is 52.7 Å². The monoisotopic (exact) mass is 455 g/mol. The minimum Gasteiger partial charge on any atom is -0.366 e. The molecule has 0 saturated carbocycles. The van der Waals surface area contributed by atoms with E-state index in [1.165, 1.54) is 11.8 Å². The topological polar surface area (TPSA) is 99.9 Å². The Labute approximate surface area is 194 Å². The molecule has 4 heterocycles. The number of nitrogens with one attached hydrogen (secondary N) is 2. The molecule has 2 N–H and O–H groups in total. The van der Waals surface area contributed by atoms with Crippen molar-refractivity contribution in [1.82, 2.24) is 40.5 Å². The molecule has 3 aromatic heterocycles. The zero-order valence-electron chi connectivity index (χ0n) is 18.5. The van der Waals surface area contributed by atoms with Crippen LogP contribution in [0.15, 0.2) is 61.1 Å². The minimum absolute atomic E-state index is 0.268. The lowest BCUT2D eigenvalue weighted by molar-refractivity contribution is 0.501. The molecule has 34 heavy (non-hydrogen) atoms. The molecule has 1 aliphatic heterocycles. The van der Waals surface area contributed by atoms with Gasteiger partial charge in [0, 0.05) is 54.9 Å². The number of hydrogen-bond acceptors (Lipinski definition) is 7. The summed E-state index contributed by atoms with van der Waals surface area (Å²) in [6.07, 6.45) is 5.53. The summed E-state index contributed by atoms with van der Waals surface area (Å²) in [4.78, 5) is 7.10. The molecule has 6 rings (SSSR count). The van der Waals surface area contributed by atoms with Gasteiger partial charge in [0.05, 0.1) is 11.8 Å². The van der Waals surface area contributed by atoms with E-state index in [1.807, 2.05) is 12.4 Å². The highest BCUT2D eigenvalue weighted by molar-refractivity contribution is 5.80. The first-order valence-corrected chi connectivity index (χ1v) is 11.1. The fourth-order valence-electron chi connectivity index (χ4n) is 4.44. The molecular weight excluding hydrogens is 433 g/mol. The zero-order chi connectivity index (χ0) is 23.1. The van der Waals surface area contributed by atoms with Crippen LogP contribution in [0.3, 0.4) is 0 Å². The summed E-state index contributed by atoms with van der Waals surface area (Å²) in [5.41, 5.74) is 5.80. The maximum atomic E-state index is 14.3. The Morgan fingerprint density at radius 2 is 1.85 bits per heavy atom. The molecule has 0 bridgehead atoms. The summed E-state index contributed by atoms with van der Waals surface area (Å²) in [5.74, 6) is -0.141. The summed E-state index contributed by atoms with van der Waals surface area (Å²) in [5, 5.41) is 21.4. The number of fused-ring (bicyclic) bond motifs is 1. The number of nitrogens with zero attached hydrogens (tertiary/aromatic N) is 7. The van der Waals surface area contributed by atoms with E-state index >= 15 is 0 Å². The lowest BCUT2D eigenvalue weighted by Crippen LogP contribution is -2.49. The zero-order valence-corrected chi connectivity index (χ0v) is 18.5.